The molecule has 1 heterocycles. The lowest BCUT2D eigenvalue weighted by atomic mass is 10.1. The van der Waals surface area contributed by atoms with Crippen molar-refractivity contribution in [1.29, 1.82) is 5.26 Å². The van der Waals surface area contributed by atoms with Gasteiger partial charge in [-0.2, -0.15) is 0 Å². The molecule has 1 fully saturated rings. The molecule has 1 aliphatic rings. The molecule has 1 saturated heterocycles. The summed E-state index contributed by atoms with van der Waals surface area (Å²) in [6, 6.07) is 1.01. The van der Waals surface area contributed by atoms with Crippen LogP contribution < -0.4 is 4.90 Å². The highest BCUT2D eigenvalue weighted by Gasteiger charge is 2.26. The number of quaternary nitrogens is 1. The van der Waals surface area contributed by atoms with E-state index >= 15 is 0 Å². The minimum Gasteiger partial charge on any atom is -0.512 e. The van der Waals surface area contributed by atoms with Crippen LogP contribution in [0.25, 0.3) is 0 Å². The summed E-state index contributed by atoms with van der Waals surface area (Å²) in [5, 5.41) is 6.25. The van der Waals surface area contributed by atoms with E-state index in [1.807, 2.05) is 4.90 Å². The summed E-state index contributed by atoms with van der Waals surface area (Å²) in [5.41, 5.74) is 0. The minimum atomic E-state index is 1.01. The first kappa shape index (κ1) is 20.5. The summed E-state index contributed by atoms with van der Waals surface area (Å²) in [7, 11) is 0. The Kier molecular flexibility index (Phi) is 15.4. The normalized spacial score (nSPS) is 21.0. The second-order valence-electron chi connectivity index (χ2n) is 6.61. The van der Waals surface area contributed by atoms with Crippen molar-refractivity contribution in [1.82, 2.24) is 0 Å². The highest BCUT2D eigenvalue weighted by atomic mass is 15.2. The fraction of sp³-hybridized carbons (Fsp3) is 0.947. The smallest absolute Gasteiger partial charge is 0.0876 e. The van der Waals surface area contributed by atoms with Crippen molar-refractivity contribution in [3.05, 3.63) is 6.57 Å². The van der Waals surface area contributed by atoms with E-state index in [0.29, 0.717) is 0 Å². The lowest BCUT2D eigenvalue weighted by molar-refractivity contribution is -0.912. The Labute approximate surface area is 133 Å². The standard InChI is InChI=1S/C18H37N.CN/c1-3-5-6-7-8-9-10-11-12-16-19-17-13-15-18(19)14-4-2;1-2/h18H,3-17H2,1-2H3;/q;-1/p+1. The zero-order valence-corrected chi connectivity index (χ0v) is 14.6. The van der Waals surface area contributed by atoms with E-state index in [0.717, 1.165) is 6.04 Å². The highest BCUT2D eigenvalue weighted by molar-refractivity contribution is 4.61. The number of hydrogen-bond donors (Lipinski definition) is 1. The molecular formula is C19H38N2. The predicted octanol–water partition coefficient (Wildman–Crippen LogP) is 4.46. The summed E-state index contributed by atoms with van der Waals surface area (Å²) in [5.74, 6) is 0. The SMILES string of the molecule is CCCCCCCCCCC[NH+]1CCCC1CCC.[C-]#N. The lowest BCUT2D eigenvalue weighted by Crippen LogP contribution is -3.13. The Morgan fingerprint density at radius 3 is 2.00 bits per heavy atom. The zero-order chi connectivity index (χ0) is 15.8. The third-order valence-corrected chi connectivity index (χ3v) is 4.87. The Morgan fingerprint density at radius 2 is 1.43 bits per heavy atom. The molecule has 1 rings (SSSR count). The average Bonchev–Trinajstić information content (AvgIpc) is 2.95. The maximum absolute atomic E-state index is 6.25. The fourth-order valence-electron chi connectivity index (χ4n) is 3.67. The number of unbranched alkanes of at least 4 members (excludes halogenated alkanes) is 8. The molecule has 21 heavy (non-hydrogen) atoms. The van der Waals surface area contributed by atoms with Crippen molar-refractivity contribution in [3.8, 4) is 0 Å². The summed E-state index contributed by atoms with van der Waals surface area (Å²) >= 11 is 0. The van der Waals surface area contributed by atoms with Crippen LogP contribution >= 0.6 is 0 Å². The van der Waals surface area contributed by atoms with E-state index in [2.05, 4.69) is 13.8 Å². The van der Waals surface area contributed by atoms with Gasteiger partial charge >= 0.3 is 0 Å². The molecule has 0 spiro atoms. The van der Waals surface area contributed by atoms with Crippen molar-refractivity contribution in [2.75, 3.05) is 13.1 Å². The third kappa shape index (κ3) is 10.8. The van der Waals surface area contributed by atoms with E-state index in [1.165, 1.54) is 96.6 Å². The molecule has 0 saturated carbocycles. The van der Waals surface area contributed by atoms with Crippen molar-refractivity contribution < 1.29 is 4.90 Å². The van der Waals surface area contributed by atoms with Gasteiger partial charge in [-0.05, 0) is 19.3 Å². The molecule has 2 atom stereocenters. The number of hydrogen-bond acceptors (Lipinski definition) is 1. The van der Waals surface area contributed by atoms with Gasteiger partial charge in [0.2, 0.25) is 0 Å². The molecule has 0 aliphatic carbocycles. The van der Waals surface area contributed by atoms with Crippen LogP contribution in [0.3, 0.4) is 0 Å². The largest absolute Gasteiger partial charge is 0.512 e. The fourth-order valence-corrected chi connectivity index (χ4v) is 3.67. The van der Waals surface area contributed by atoms with Crippen LogP contribution in [0.1, 0.15) is 97.3 Å². The molecule has 2 unspecified atom stereocenters. The Morgan fingerprint density at radius 1 is 0.857 bits per heavy atom. The lowest BCUT2D eigenvalue weighted by Gasteiger charge is -2.21. The summed E-state index contributed by atoms with van der Waals surface area (Å²) in [6.45, 7) is 12.3. The van der Waals surface area contributed by atoms with E-state index in [4.69, 9.17) is 11.8 Å². The van der Waals surface area contributed by atoms with E-state index in [9.17, 15) is 0 Å². The quantitative estimate of drug-likeness (QED) is 0.418. The molecule has 2 heteroatoms. The minimum absolute atomic E-state index is 1.01. The number of nitrogens with zero attached hydrogens (tertiary/aromatic N) is 1. The number of nitrogens with one attached hydrogen (secondary N) is 1. The van der Waals surface area contributed by atoms with Crippen molar-refractivity contribution in [2.24, 2.45) is 0 Å². The van der Waals surface area contributed by atoms with Gasteiger partial charge in [0, 0.05) is 12.8 Å². The molecule has 1 aliphatic heterocycles. The Bertz CT molecular complexity index is 225. The maximum atomic E-state index is 6.25. The van der Waals surface area contributed by atoms with Gasteiger partial charge in [-0.25, -0.2) is 0 Å². The van der Waals surface area contributed by atoms with Crippen LogP contribution in [-0.4, -0.2) is 19.1 Å². The second-order valence-corrected chi connectivity index (χ2v) is 6.61. The molecule has 0 bridgehead atoms. The van der Waals surface area contributed by atoms with Gasteiger partial charge in [0.25, 0.3) is 0 Å². The molecule has 0 aromatic carbocycles. The van der Waals surface area contributed by atoms with Gasteiger partial charge in [0.1, 0.15) is 0 Å². The Balaban J connectivity index is 0.00000191. The molecule has 0 aromatic heterocycles. The monoisotopic (exact) mass is 294 g/mol. The topological polar surface area (TPSA) is 28.2 Å². The zero-order valence-electron chi connectivity index (χ0n) is 14.6. The Hall–Kier alpha value is -0.550. The third-order valence-electron chi connectivity index (χ3n) is 4.87. The van der Waals surface area contributed by atoms with E-state index in [-0.39, 0.29) is 0 Å². The second kappa shape index (κ2) is 15.8. The van der Waals surface area contributed by atoms with E-state index < -0.39 is 0 Å². The van der Waals surface area contributed by atoms with Crippen LogP contribution in [0.2, 0.25) is 0 Å². The van der Waals surface area contributed by atoms with E-state index in [1.54, 1.807) is 0 Å². The molecule has 0 amide bonds. The molecule has 0 aromatic rings. The molecule has 0 radical (unpaired) electrons. The van der Waals surface area contributed by atoms with Gasteiger partial charge in [0.15, 0.2) is 0 Å². The van der Waals surface area contributed by atoms with Crippen LogP contribution in [0, 0.1) is 11.8 Å². The highest BCUT2D eigenvalue weighted by Crippen LogP contribution is 2.10. The first-order chi connectivity index (χ1) is 10.4. The molecule has 124 valence electrons. The molecule has 2 nitrogen and oxygen atoms in total. The van der Waals surface area contributed by atoms with Gasteiger partial charge in [-0.15, -0.1) is 0 Å². The van der Waals surface area contributed by atoms with Crippen LogP contribution in [0.4, 0.5) is 0 Å². The molecular weight excluding hydrogens is 256 g/mol. The van der Waals surface area contributed by atoms with Gasteiger partial charge in [-0.3, -0.25) is 0 Å². The summed E-state index contributed by atoms with van der Waals surface area (Å²) < 4.78 is 0. The molecule has 1 N–H and O–H groups in total. The predicted molar refractivity (Wildman–Crippen MR) is 90.8 cm³/mol. The first-order valence-corrected chi connectivity index (χ1v) is 9.45. The van der Waals surface area contributed by atoms with Crippen LogP contribution in [-0.2, 0) is 0 Å². The van der Waals surface area contributed by atoms with Crippen molar-refractivity contribution >= 4 is 0 Å². The first-order valence-electron chi connectivity index (χ1n) is 9.45. The van der Waals surface area contributed by atoms with Crippen molar-refractivity contribution in [3.63, 3.8) is 0 Å². The van der Waals surface area contributed by atoms with Gasteiger partial charge in [-0.1, -0.05) is 65.2 Å². The van der Waals surface area contributed by atoms with Gasteiger partial charge in [0.05, 0.1) is 19.1 Å². The number of rotatable bonds is 12. The summed E-state index contributed by atoms with van der Waals surface area (Å²) in [6.07, 6.45) is 19.0. The maximum Gasteiger partial charge on any atom is 0.0876 e. The summed E-state index contributed by atoms with van der Waals surface area (Å²) in [4.78, 5) is 1.93. The van der Waals surface area contributed by atoms with Crippen LogP contribution in [0.15, 0.2) is 0 Å². The number of likely N-dealkylation sites (tertiary alicyclic amines) is 1. The van der Waals surface area contributed by atoms with Crippen molar-refractivity contribution in [2.45, 2.75) is 103 Å². The van der Waals surface area contributed by atoms with Gasteiger partial charge < -0.3 is 16.7 Å². The van der Waals surface area contributed by atoms with Crippen LogP contribution in [0.5, 0.6) is 0 Å². The average molecular weight is 295 g/mol.